The molecule has 0 amide bonds. The van der Waals surface area contributed by atoms with E-state index in [-0.39, 0.29) is 6.17 Å². The number of nitrogens with zero attached hydrogens (tertiary/aromatic N) is 3. The molecule has 1 unspecified atom stereocenters. The minimum atomic E-state index is -0.248. The number of benzene rings is 10. The molecule has 2 heterocycles. The SMILES string of the molecule is c1ccc(C2=NC(c3ccc(-n4c5ccccc5c5c6cc(-c7ccc8cc(-c9cccc%10ccccc9%10)ccc8c7)ccc6ccc54)cc3)=NC(c3ccccc3)N2)cc1. The van der Waals surface area contributed by atoms with Crippen LogP contribution in [0.5, 0.6) is 0 Å². The van der Waals surface area contributed by atoms with Crippen LogP contribution in [0.2, 0.25) is 0 Å². The van der Waals surface area contributed by atoms with Gasteiger partial charge in [0.15, 0.2) is 5.84 Å². The molecule has 0 fully saturated rings. The maximum absolute atomic E-state index is 5.11. The summed E-state index contributed by atoms with van der Waals surface area (Å²) in [5.74, 6) is 1.52. The first kappa shape index (κ1) is 34.9. The molecule has 0 aliphatic carbocycles. The topological polar surface area (TPSA) is 41.7 Å². The lowest BCUT2D eigenvalue weighted by Gasteiger charge is -2.23. The Morgan fingerprint density at radius 2 is 1.00 bits per heavy atom. The molecule has 1 aliphatic rings. The fourth-order valence-corrected chi connectivity index (χ4v) is 9.20. The van der Waals surface area contributed by atoms with E-state index in [2.05, 4.69) is 204 Å². The van der Waals surface area contributed by atoms with Crippen molar-refractivity contribution in [3.8, 4) is 27.9 Å². The van der Waals surface area contributed by atoms with E-state index in [1.807, 2.05) is 24.3 Å². The number of rotatable bonds is 6. The van der Waals surface area contributed by atoms with Gasteiger partial charge >= 0.3 is 0 Å². The molecule has 0 spiro atoms. The maximum atomic E-state index is 5.11. The number of para-hydroxylation sites is 1. The number of aliphatic imine (C=N–C) groups is 2. The van der Waals surface area contributed by atoms with Crippen LogP contribution in [0.3, 0.4) is 0 Å². The molecule has 4 nitrogen and oxygen atoms in total. The van der Waals surface area contributed by atoms with Gasteiger partial charge in [-0.1, -0.05) is 164 Å². The number of fused-ring (bicyclic) bond motifs is 7. The Kier molecular flexibility index (Phi) is 8.20. The van der Waals surface area contributed by atoms with Crippen molar-refractivity contribution in [3.05, 3.63) is 235 Å². The van der Waals surface area contributed by atoms with Crippen molar-refractivity contribution in [1.82, 2.24) is 9.88 Å². The standard InChI is InChI=1S/C57H38N4/c1-3-13-39(14-4-1)55-58-56(40-15-5-2-6-16-40)60-57(59-55)41-28-31-47(32-29-41)61-52-21-10-9-19-50(52)54-51-36-45(23-22-38(51)30-33-53(54)61)43-24-25-44-35-46(27-26-42(44)34-43)49-20-11-17-37-12-7-8-18-48(37)49/h1-36,55H,(H,58,59,60). The van der Waals surface area contributed by atoms with Crippen LogP contribution in [0.15, 0.2) is 228 Å². The van der Waals surface area contributed by atoms with Crippen LogP contribution in [-0.2, 0) is 0 Å². The molecule has 10 aromatic carbocycles. The summed E-state index contributed by atoms with van der Waals surface area (Å²) in [4.78, 5) is 10.2. The molecular weight excluding hydrogens is 741 g/mol. The van der Waals surface area contributed by atoms with Gasteiger partial charge in [-0.25, -0.2) is 9.98 Å². The van der Waals surface area contributed by atoms with Gasteiger partial charge in [-0.05, 0) is 115 Å². The molecular formula is C57H38N4. The lowest BCUT2D eigenvalue weighted by atomic mass is 9.94. The van der Waals surface area contributed by atoms with Gasteiger partial charge in [-0.15, -0.1) is 0 Å². The largest absolute Gasteiger partial charge is 0.344 e. The molecule has 286 valence electrons. The van der Waals surface area contributed by atoms with E-state index in [9.17, 15) is 0 Å². The first-order chi connectivity index (χ1) is 30.2. The second kappa shape index (κ2) is 14.3. The van der Waals surface area contributed by atoms with Gasteiger partial charge in [0.25, 0.3) is 0 Å². The molecule has 0 saturated carbocycles. The molecule has 0 saturated heterocycles. The average molecular weight is 779 g/mol. The third-order valence-corrected chi connectivity index (χ3v) is 12.2. The van der Waals surface area contributed by atoms with Crippen molar-refractivity contribution >= 4 is 65.8 Å². The van der Waals surface area contributed by atoms with Crippen LogP contribution < -0.4 is 5.32 Å². The van der Waals surface area contributed by atoms with Gasteiger partial charge in [0.1, 0.15) is 12.0 Å². The summed E-state index contributed by atoms with van der Waals surface area (Å²) in [6.07, 6.45) is -0.248. The van der Waals surface area contributed by atoms with Gasteiger partial charge < -0.3 is 9.88 Å². The van der Waals surface area contributed by atoms with Gasteiger partial charge in [-0.3, -0.25) is 0 Å². The van der Waals surface area contributed by atoms with Crippen molar-refractivity contribution in [3.63, 3.8) is 0 Å². The Morgan fingerprint density at radius 1 is 0.393 bits per heavy atom. The van der Waals surface area contributed by atoms with Crippen molar-refractivity contribution < 1.29 is 0 Å². The summed E-state index contributed by atoms with van der Waals surface area (Å²) in [6.45, 7) is 0. The number of amidine groups is 2. The molecule has 4 heteroatoms. The Balaban J connectivity index is 0.928. The van der Waals surface area contributed by atoms with Crippen LogP contribution in [0.25, 0.3) is 82.1 Å². The molecule has 1 atom stereocenters. The minimum absolute atomic E-state index is 0.248. The number of aromatic nitrogens is 1. The summed E-state index contributed by atoms with van der Waals surface area (Å²) in [7, 11) is 0. The van der Waals surface area contributed by atoms with Crippen LogP contribution in [0, 0.1) is 0 Å². The zero-order valence-electron chi connectivity index (χ0n) is 33.2. The van der Waals surface area contributed by atoms with Gasteiger partial charge in [0.2, 0.25) is 0 Å². The highest BCUT2D eigenvalue weighted by atomic mass is 15.2. The minimum Gasteiger partial charge on any atom is -0.344 e. The fraction of sp³-hybridized carbons (Fsp3) is 0.0175. The number of hydrogen-bond acceptors (Lipinski definition) is 3. The van der Waals surface area contributed by atoms with E-state index in [0.717, 1.165) is 28.2 Å². The quantitative estimate of drug-likeness (QED) is 0.179. The molecule has 1 aliphatic heterocycles. The van der Waals surface area contributed by atoms with Crippen LogP contribution in [0.4, 0.5) is 0 Å². The molecule has 1 N–H and O–H groups in total. The third-order valence-electron chi connectivity index (χ3n) is 12.2. The predicted octanol–water partition coefficient (Wildman–Crippen LogP) is 14.1. The van der Waals surface area contributed by atoms with Crippen molar-refractivity contribution in [2.24, 2.45) is 9.98 Å². The van der Waals surface area contributed by atoms with Crippen LogP contribution in [-0.4, -0.2) is 16.2 Å². The highest BCUT2D eigenvalue weighted by Gasteiger charge is 2.22. The second-order valence-corrected chi connectivity index (χ2v) is 15.8. The zero-order chi connectivity index (χ0) is 40.3. The summed E-state index contributed by atoms with van der Waals surface area (Å²) in [6, 6.07) is 78.4. The van der Waals surface area contributed by atoms with E-state index < -0.39 is 0 Å². The number of nitrogens with one attached hydrogen (secondary N) is 1. The molecule has 0 bridgehead atoms. The van der Waals surface area contributed by atoms with E-state index in [1.54, 1.807) is 0 Å². The Hall–Kier alpha value is -8.08. The summed E-state index contributed by atoms with van der Waals surface area (Å²) in [5, 5.41) is 13.5. The lowest BCUT2D eigenvalue weighted by molar-refractivity contribution is 0.674. The summed E-state index contributed by atoms with van der Waals surface area (Å²) < 4.78 is 2.39. The maximum Gasteiger partial charge on any atom is 0.159 e. The Labute approximate surface area is 353 Å². The first-order valence-corrected chi connectivity index (χ1v) is 20.8. The van der Waals surface area contributed by atoms with Crippen molar-refractivity contribution in [1.29, 1.82) is 0 Å². The molecule has 1 aromatic heterocycles. The second-order valence-electron chi connectivity index (χ2n) is 15.8. The summed E-state index contributed by atoms with van der Waals surface area (Å²) in [5.41, 5.74) is 11.4. The zero-order valence-corrected chi connectivity index (χ0v) is 33.2. The Bertz CT molecular complexity index is 3540. The van der Waals surface area contributed by atoms with E-state index >= 15 is 0 Å². The van der Waals surface area contributed by atoms with Gasteiger partial charge in [0, 0.05) is 27.6 Å². The normalized spacial score (nSPS) is 14.1. The van der Waals surface area contributed by atoms with Crippen LogP contribution in [0.1, 0.15) is 22.9 Å². The van der Waals surface area contributed by atoms with E-state index in [1.165, 1.54) is 76.4 Å². The summed E-state index contributed by atoms with van der Waals surface area (Å²) >= 11 is 0. The molecule has 0 radical (unpaired) electrons. The lowest BCUT2D eigenvalue weighted by Crippen LogP contribution is -2.33. The smallest absolute Gasteiger partial charge is 0.159 e. The monoisotopic (exact) mass is 778 g/mol. The third kappa shape index (κ3) is 6.08. The van der Waals surface area contributed by atoms with Crippen molar-refractivity contribution in [2.75, 3.05) is 0 Å². The van der Waals surface area contributed by atoms with E-state index in [0.29, 0.717) is 5.84 Å². The van der Waals surface area contributed by atoms with E-state index in [4.69, 9.17) is 9.98 Å². The number of hydrogen-bond donors (Lipinski definition) is 1. The Morgan fingerprint density at radius 3 is 1.82 bits per heavy atom. The average Bonchev–Trinajstić information content (AvgIpc) is 3.68. The highest BCUT2D eigenvalue weighted by Crippen LogP contribution is 2.39. The molecule has 12 rings (SSSR count). The molecule has 11 aromatic rings. The van der Waals surface area contributed by atoms with Crippen molar-refractivity contribution in [2.45, 2.75) is 6.17 Å². The first-order valence-electron chi connectivity index (χ1n) is 20.8. The van der Waals surface area contributed by atoms with Crippen LogP contribution >= 0.6 is 0 Å². The highest BCUT2D eigenvalue weighted by molar-refractivity contribution is 6.22. The molecule has 61 heavy (non-hydrogen) atoms. The predicted molar refractivity (Wildman–Crippen MR) is 256 cm³/mol. The fourth-order valence-electron chi connectivity index (χ4n) is 9.20. The van der Waals surface area contributed by atoms with Gasteiger partial charge in [0.05, 0.1) is 11.0 Å². The van der Waals surface area contributed by atoms with Gasteiger partial charge in [-0.2, -0.15) is 0 Å².